The van der Waals surface area contributed by atoms with Crippen molar-refractivity contribution in [3.63, 3.8) is 0 Å². The van der Waals surface area contributed by atoms with Crippen LogP contribution in [-0.2, 0) is 0 Å². The second kappa shape index (κ2) is 16.0. The average Bonchev–Trinajstić information content (AvgIpc) is 3.33. The van der Waals surface area contributed by atoms with Crippen LogP contribution in [0.25, 0.3) is 77.5 Å². The molecule has 0 radical (unpaired) electrons. The summed E-state index contributed by atoms with van der Waals surface area (Å²) < 4.78 is 0. The van der Waals surface area contributed by atoms with Gasteiger partial charge in [0, 0.05) is 16.9 Å². The van der Waals surface area contributed by atoms with Gasteiger partial charge in [-0.2, -0.15) is 0 Å². The number of rotatable bonds is 9. The third kappa shape index (κ3) is 7.12. The predicted octanol–water partition coefficient (Wildman–Crippen LogP) is 16.3. The van der Waals surface area contributed by atoms with E-state index in [2.05, 4.69) is 254 Å². The maximum absolute atomic E-state index is 2.42. The van der Waals surface area contributed by atoms with E-state index in [1.807, 2.05) is 0 Å². The van der Waals surface area contributed by atoms with E-state index in [-0.39, 0.29) is 0 Å². The Labute approximate surface area is 346 Å². The molecule has 10 aromatic rings. The van der Waals surface area contributed by atoms with Crippen molar-refractivity contribution < 1.29 is 0 Å². The molecule has 0 heterocycles. The van der Waals surface area contributed by atoms with Gasteiger partial charge in [0.2, 0.25) is 0 Å². The molecule has 0 aromatic heterocycles. The zero-order valence-electron chi connectivity index (χ0n) is 32.6. The predicted molar refractivity (Wildman–Crippen MR) is 251 cm³/mol. The molecule has 0 amide bonds. The number of fused-ring (bicyclic) bond motifs is 1. The maximum Gasteiger partial charge on any atom is 0.0540 e. The summed E-state index contributed by atoms with van der Waals surface area (Å²) in [6.07, 6.45) is 0. The van der Waals surface area contributed by atoms with Gasteiger partial charge >= 0.3 is 0 Å². The highest BCUT2D eigenvalue weighted by molar-refractivity contribution is 6.00. The number of anilines is 3. The van der Waals surface area contributed by atoms with E-state index in [4.69, 9.17) is 0 Å². The van der Waals surface area contributed by atoms with E-state index in [9.17, 15) is 0 Å². The average molecular weight is 752 g/mol. The molecule has 0 unspecified atom stereocenters. The molecule has 0 saturated carbocycles. The van der Waals surface area contributed by atoms with Gasteiger partial charge in [0.1, 0.15) is 0 Å². The molecule has 1 nitrogen and oxygen atoms in total. The van der Waals surface area contributed by atoms with E-state index in [1.165, 1.54) is 72.0 Å². The molecule has 0 spiro atoms. The van der Waals surface area contributed by atoms with Gasteiger partial charge in [-0.1, -0.05) is 212 Å². The lowest BCUT2D eigenvalue weighted by Crippen LogP contribution is -2.11. The fourth-order valence-electron chi connectivity index (χ4n) is 8.45. The summed E-state index contributed by atoms with van der Waals surface area (Å²) >= 11 is 0. The van der Waals surface area contributed by atoms with Gasteiger partial charge in [-0.25, -0.2) is 0 Å². The van der Waals surface area contributed by atoms with Crippen LogP contribution in [0.15, 0.2) is 249 Å². The minimum absolute atomic E-state index is 1.09. The summed E-state index contributed by atoms with van der Waals surface area (Å²) in [5.41, 5.74) is 17.5. The second-order valence-corrected chi connectivity index (χ2v) is 14.9. The Morgan fingerprint density at radius 3 is 1.42 bits per heavy atom. The molecule has 1 heteroatoms. The highest BCUT2D eigenvalue weighted by Gasteiger charge is 2.21. The zero-order valence-corrected chi connectivity index (χ0v) is 32.6. The Kier molecular flexibility index (Phi) is 9.68. The monoisotopic (exact) mass is 751 g/mol. The molecule has 10 aromatic carbocycles. The fraction of sp³-hybridized carbons (Fsp3) is 0. The van der Waals surface area contributed by atoms with Crippen LogP contribution in [0.4, 0.5) is 17.1 Å². The van der Waals surface area contributed by atoms with Gasteiger partial charge in [-0.05, 0) is 108 Å². The first-order valence-corrected chi connectivity index (χ1v) is 20.3. The van der Waals surface area contributed by atoms with Crippen LogP contribution in [0.1, 0.15) is 0 Å². The van der Waals surface area contributed by atoms with E-state index in [0.29, 0.717) is 0 Å². The highest BCUT2D eigenvalue weighted by atomic mass is 15.1. The topological polar surface area (TPSA) is 3.24 Å². The molecule has 0 atom stereocenters. The lowest BCUT2D eigenvalue weighted by atomic mass is 9.87. The number of benzene rings is 10. The SMILES string of the molecule is c1ccc(-c2ccc(N(c3cccc(-c4cccc5ccccc45)c3)c3ccccc3-c3ccccc3-c3ccc(-c4ccccc4)cc3-c3ccccc3)cc2)cc1. The van der Waals surface area contributed by atoms with Crippen LogP contribution in [0.5, 0.6) is 0 Å². The summed E-state index contributed by atoms with van der Waals surface area (Å²) in [5.74, 6) is 0. The van der Waals surface area contributed by atoms with Gasteiger partial charge in [-0.3, -0.25) is 0 Å². The van der Waals surface area contributed by atoms with E-state index in [0.717, 1.165) is 22.6 Å². The fourth-order valence-corrected chi connectivity index (χ4v) is 8.45. The Balaban J connectivity index is 1.16. The first kappa shape index (κ1) is 35.7. The van der Waals surface area contributed by atoms with Crippen molar-refractivity contribution in [2.75, 3.05) is 4.90 Å². The maximum atomic E-state index is 2.42. The largest absolute Gasteiger partial charge is 0.310 e. The van der Waals surface area contributed by atoms with Crippen molar-refractivity contribution in [2.45, 2.75) is 0 Å². The Morgan fingerprint density at radius 1 is 0.220 bits per heavy atom. The quantitative estimate of drug-likeness (QED) is 0.142. The van der Waals surface area contributed by atoms with Crippen molar-refractivity contribution in [1.82, 2.24) is 0 Å². The first-order chi connectivity index (χ1) is 29.3. The van der Waals surface area contributed by atoms with Crippen molar-refractivity contribution in [3.8, 4) is 66.8 Å². The summed E-state index contributed by atoms with van der Waals surface area (Å²) in [6, 6.07) is 89.9. The van der Waals surface area contributed by atoms with Gasteiger partial charge in [0.25, 0.3) is 0 Å². The normalized spacial score (nSPS) is 11.1. The molecule has 0 aliphatic heterocycles. The molecule has 0 aliphatic carbocycles. The third-order valence-electron chi connectivity index (χ3n) is 11.3. The van der Waals surface area contributed by atoms with Crippen LogP contribution < -0.4 is 4.90 Å². The van der Waals surface area contributed by atoms with Crippen molar-refractivity contribution in [3.05, 3.63) is 249 Å². The standard InChI is InChI=1S/C58H41N/c1-4-18-42(19-5-1)44-34-37-49(38-35-44)59(50-27-16-26-48(40-50)52-32-17-25-45-24-10-11-28-51(45)52)58-33-15-14-31-56(58)54-30-13-12-29-53(54)55-39-36-47(43-20-6-2-7-21-43)41-57(55)46-22-8-3-9-23-46/h1-41H. The van der Waals surface area contributed by atoms with Crippen LogP contribution in [0.2, 0.25) is 0 Å². The highest BCUT2D eigenvalue weighted by Crippen LogP contribution is 2.46. The summed E-state index contributed by atoms with van der Waals surface area (Å²) in [7, 11) is 0. The Bertz CT molecular complexity index is 3020. The van der Waals surface area contributed by atoms with Gasteiger partial charge in [0.05, 0.1) is 5.69 Å². The molecule has 10 rings (SSSR count). The molecule has 0 fully saturated rings. The lowest BCUT2D eigenvalue weighted by Gasteiger charge is -2.29. The molecule has 0 N–H and O–H groups in total. The number of hydrogen-bond donors (Lipinski definition) is 0. The molecule has 0 aliphatic rings. The smallest absolute Gasteiger partial charge is 0.0540 e. The molecule has 0 saturated heterocycles. The second-order valence-electron chi connectivity index (χ2n) is 14.9. The van der Waals surface area contributed by atoms with E-state index in [1.54, 1.807) is 0 Å². The Hall–Kier alpha value is -7.74. The van der Waals surface area contributed by atoms with Crippen LogP contribution in [-0.4, -0.2) is 0 Å². The molecule has 278 valence electrons. The molecule has 59 heavy (non-hydrogen) atoms. The zero-order chi connectivity index (χ0) is 39.4. The molecule has 0 bridgehead atoms. The Morgan fingerprint density at radius 2 is 0.695 bits per heavy atom. The van der Waals surface area contributed by atoms with Crippen molar-refractivity contribution in [2.24, 2.45) is 0 Å². The molecular weight excluding hydrogens is 711 g/mol. The minimum Gasteiger partial charge on any atom is -0.310 e. The van der Waals surface area contributed by atoms with Crippen LogP contribution in [0.3, 0.4) is 0 Å². The van der Waals surface area contributed by atoms with E-state index < -0.39 is 0 Å². The number of para-hydroxylation sites is 1. The lowest BCUT2D eigenvalue weighted by molar-refractivity contribution is 1.28. The third-order valence-corrected chi connectivity index (χ3v) is 11.3. The van der Waals surface area contributed by atoms with Gasteiger partial charge in [-0.15, -0.1) is 0 Å². The summed E-state index contributed by atoms with van der Waals surface area (Å²) in [4.78, 5) is 2.42. The first-order valence-electron chi connectivity index (χ1n) is 20.3. The van der Waals surface area contributed by atoms with Gasteiger partial charge in [0.15, 0.2) is 0 Å². The van der Waals surface area contributed by atoms with Crippen molar-refractivity contribution >= 4 is 27.8 Å². The summed E-state index contributed by atoms with van der Waals surface area (Å²) in [6.45, 7) is 0. The van der Waals surface area contributed by atoms with Crippen molar-refractivity contribution in [1.29, 1.82) is 0 Å². The molecular formula is C58H41N. The van der Waals surface area contributed by atoms with Crippen LogP contribution >= 0.6 is 0 Å². The van der Waals surface area contributed by atoms with E-state index >= 15 is 0 Å². The number of hydrogen-bond acceptors (Lipinski definition) is 1. The van der Waals surface area contributed by atoms with Gasteiger partial charge < -0.3 is 4.90 Å². The summed E-state index contributed by atoms with van der Waals surface area (Å²) in [5, 5.41) is 2.48. The minimum atomic E-state index is 1.09. The number of nitrogens with zero attached hydrogens (tertiary/aromatic N) is 1. The van der Waals surface area contributed by atoms with Crippen LogP contribution in [0, 0.1) is 0 Å².